The molecular weight excluding hydrogens is 1260 g/mol. The van der Waals surface area contributed by atoms with Crippen LogP contribution in [0.2, 0.25) is 0 Å². The second-order valence-corrected chi connectivity index (χ2v) is 27.1. The third-order valence-electron chi connectivity index (χ3n) is 21.3. The Balaban J connectivity index is 0.705. The standard InChI is InChI=1S/C100H66N4/c1-11-35-85-69(23-1)29-21-45-95(85)103(99-65-73-27-5-9-33-83(73)89-39-15-19-43-93(89)99)79-59-55-77(56-60-79)101(97-63-71-25-3-7-31-81(71)87-37-13-17-41-91(87)97)75-51-47-67(48-52-75)68-49-53-76(54-50-68)102(98-64-72-26-4-8-32-82(72)88-38-14-18-42-92(88)98)78-57-61-80(62-58-78)104(96-46-22-30-70-24-2-12-36-86(70)96)100-66-74-28-6-10-34-84(74)90-40-16-20-44-94(90)100/h1-66H. The van der Waals surface area contributed by atoms with Crippen molar-refractivity contribution in [3.05, 3.63) is 400 Å². The van der Waals surface area contributed by atoms with Gasteiger partial charge in [0.25, 0.3) is 0 Å². The minimum atomic E-state index is 1.05. The van der Waals surface area contributed by atoms with E-state index in [1.165, 1.54) is 108 Å². The summed E-state index contributed by atoms with van der Waals surface area (Å²) in [6, 6.07) is 148. The van der Waals surface area contributed by atoms with Gasteiger partial charge in [0.2, 0.25) is 0 Å². The van der Waals surface area contributed by atoms with Gasteiger partial charge in [-0.15, -0.1) is 0 Å². The Morgan fingerprint density at radius 1 is 0.115 bits per heavy atom. The summed E-state index contributed by atoms with van der Waals surface area (Å²) in [6.45, 7) is 0. The molecule has 0 aliphatic carbocycles. The molecule has 20 aromatic rings. The Morgan fingerprint density at radius 3 is 0.587 bits per heavy atom. The molecule has 0 heterocycles. The lowest BCUT2D eigenvalue weighted by atomic mass is 9.98. The number of fused-ring (bicyclic) bond motifs is 14. The minimum Gasteiger partial charge on any atom is -0.310 e. The lowest BCUT2D eigenvalue weighted by Crippen LogP contribution is -2.13. The van der Waals surface area contributed by atoms with Crippen molar-refractivity contribution in [3.8, 4) is 11.1 Å². The summed E-state index contributed by atoms with van der Waals surface area (Å²) in [7, 11) is 0. The van der Waals surface area contributed by atoms with Gasteiger partial charge in [0, 0.05) is 66.4 Å². The summed E-state index contributed by atoms with van der Waals surface area (Å²) in [6.07, 6.45) is 0. The summed E-state index contributed by atoms with van der Waals surface area (Å²) in [4.78, 5) is 9.82. The van der Waals surface area contributed by atoms with Crippen LogP contribution < -0.4 is 19.6 Å². The molecule has 20 rings (SSSR count). The molecule has 104 heavy (non-hydrogen) atoms. The molecule has 0 atom stereocenters. The average molecular weight is 1320 g/mol. The van der Waals surface area contributed by atoms with Gasteiger partial charge in [-0.25, -0.2) is 0 Å². The van der Waals surface area contributed by atoms with Crippen LogP contribution in [0.4, 0.5) is 68.2 Å². The smallest absolute Gasteiger partial charge is 0.0546 e. The van der Waals surface area contributed by atoms with Gasteiger partial charge in [-0.2, -0.15) is 0 Å². The van der Waals surface area contributed by atoms with Crippen LogP contribution in [0.1, 0.15) is 0 Å². The lowest BCUT2D eigenvalue weighted by molar-refractivity contribution is 1.27. The molecule has 0 aromatic heterocycles. The maximum Gasteiger partial charge on any atom is 0.0546 e. The summed E-state index contributed by atoms with van der Waals surface area (Å²) < 4.78 is 0. The first-order chi connectivity index (χ1) is 51.6. The molecule has 0 radical (unpaired) electrons. The Labute approximate surface area is 603 Å². The van der Waals surface area contributed by atoms with Gasteiger partial charge in [0.1, 0.15) is 0 Å². The first-order valence-electron chi connectivity index (χ1n) is 35.8. The van der Waals surface area contributed by atoms with E-state index in [2.05, 4.69) is 420 Å². The first-order valence-corrected chi connectivity index (χ1v) is 35.8. The minimum absolute atomic E-state index is 1.05. The summed E-state index contributed by atoms with van der Waals surface area (Å²) in [5.41, 5.74) is 15.3. The summed E-state index contributed by atoms with van der Waals surface area (Å²) >= 11 is 0. The van der Waals surface area contributed by atoms with E-state index < -0.39 is 0 Å². The fourth-order valence-corrected chi connectivity index (χ4v) is 16.5. The second kappa shape index (κ2) is 25.1. The number of nitrogens with zero attached hydrogens (tertiary/aromatic N) is 4. The number of hydrogen-bond donors (Lipinski definition) is 0. The Bertz CT molecular complexity index is 6320. The van der Waals surface area contributed by atoms with Crippen LogP contribution in [-0.2, 0) is 0 Å². The van der Waals surface area contributed by atoms with E-state index in [9.17, 15) is 0 Å². The van der Waals surface area contributed by atoms with Crippen LogP contribution in [0.25, 0.3) is 119 Å². The number of benzene rings is 20. The molecule has 4 nitrogen and oxygen atoms in total. The van der Waals surface area contributed by atoms with Crippen LogP contribution in [-0.4, -0.2) is 0 Å². The highest BCUT2D eigenvalue weighted by atomic mass is 15.2. The fourth-order valence-electron chi connectivity index (χ4n) is 16.5. The first kappa shape index (κ1) is 60.2. The van der Waals surface area contributed by atoms with E-state index in [-0.39, 0.29) is 0 Å². The van der Waals surface area contributed by atoms with E-state index in [0.717, 1.165) is 79.4 Å². The van der Waals surface area contributed by atoms with Crippen LogP contribution in [0.5, 0.6) is 0 Å². The lowest BCUT2D eigenvalue weighted by Gasteiger charge is -2.31. The van der Waals surface area contributed by atoms with Gasteiger partial charge >= 0.3 is 0 Å². The predicted octanol–water partition coefficient (Wildman–Crippen LogP) is 28.8. The molecule has 0 bridgehead atoms. The number of anilines is 12. The highest BCUT2D eigenvalue weighted by Crippen LogP contribution is 2.51. The molecule has 0 unspecified atom stereocenters. The van der Waals surface area contributed by atoms with Gasteiger partial charge in [0.05, 0.1) is 34.1 Å². The third kappa shape index (κ3) is 10.2. The van der Waals surface area contributed by atoms with Crippen LogP contribution in [0.15, 0.2) is 400 Å². The summed E-state index contributed by atoms with van der Waals surface area (Å²) in [5.74, 6) is 0. The third-order valence-corrected chi connectivity index (χ3v) is 21.3. The maximum absolute atomic E-state index is 2.46. The molecule has 0 aliphatic rings. The zero-order valence-electron chi connectivity index (χ0n) is 56.9. The topological polar surface area (TPSA) is 13.0 Å². The van der Waals surface area contributed by atoms with Gasteiger partial charge in [-0.05, 0) is 196 Å². The van der Waals surface area contributed by atoms with Crippen molar-refractivity contribution in [1.29, 1.82) is 0 Å². The van der Waals surface area contributed by atoms with Crippen molar-refractivity contribution >= 4 is 176 Å². The van der Waals surface area contributed by atoms with E-state index in [4.69, 9.17) is 0 Å². The molecule has 0 amide bonds. The van der Waals surface area contributed by atoms with Gasteiger partial charge in [0.15, 0.2) is 0 Å². The Kier molecular flexibility index (Phi) is 14.5. The molecule has 0 saturated carbocycles. The molecule has 486 valence electrons. The van der Waals surface area contributed by atoms with Crippen molar-refractivity contribution in [1.82, 2.24) is 0 Å². The fraction of sp³-hybridized carbons (Fsp3) is 0. The van der Waals surface area contributed by atoms with E-state index in [0.29, 0.717) is 0 Å². The maximum atomic E-state index is 2.46. The van der Waals surface area contributed by atoms with E-state index in [1.807, 2.05) is 0 Å². The van der Waals surface area contributed by atoms with Gasteiger partial charge < -0.3 is 19.6 Å². The van der Waals surface area contributed by atoms with E-state index >= 15 is 0 Å². The Hall–Kier alpha value is -13.8. The molecular formula is C100H66N4. The van der Waals surface area contributed by atoms with E-state index in [1.54, 1.807) is 0 Å². The average Bonchev–Trinajstić information content (AvgIpc) is 0.748. The molecule has 0 fully saturated rings. The van der Waals surface area contributed by atoms with Gasteiger partial charge in [-0.3, -0.25) is 0 Å². The predicted molar refractivity (Wildman–Crippen MR) is 446 cm³/mol. The molecule has 0 spiro atoms. The quantitative estimate of drug-likeness (QED) is 0.107. The van der Waals surface area contributed by atoms with Crippen molar-refractivity contribution in [3.63, 3.8) is 0 Å². The highest BCUT2D eigenvalue weighted by Gasteiger charge is 2.26. The molecule has 0 aliphatic heterocycles. The molecule has 4 heteroatoms. The normalized spacial score (nSPS) is 11.7. The van der Waals surface area contributed by atoms with Crippen LogP contribution >= 0.6 is 0 Å². The number of rotatable bonds is 13. The van der Waals surface area contributed by atoms with Crippen LogP contribution in [0, 0.1) is 0 Å². The number of hydrogen-bond acceptors (Lipinski definition) is 4. The molecule has 20 aromatic carbocycles. The highest BCUT2D eigenvalue weighted by molar-refractivity contribution is 6.20. The van der Waals surface area contributed by atoms with Crippen molar-refractivity contribution in [2.75, 3.05) is 19.6 Å². The zero-order valence-corrected chi connectivity index (χ0v) is 56.9. The summed E-state index contributed by atoms with van der Waals surface area (Å²) in [5, 5.41) is 24.1. The van der Waals surface area contributed by atoms with Crippen molar-refractivity contribution in [2.24, 2.45) is 0 Å². The van der Waals surface area contributed by atoms with Crippen molar-refractivity contribution < 1.29 is 0 Å². The van der Waals surface area contributed by atoms with Crippen molar-refractivity contribution in [2.45, 2.75) is 0 Å². The molecule has 0 N–H and O–H groups in total. The second-order valence-electron chi connectivity index (χ2n) is 27.1. The Morgan fingerprint density at radius 2 is 0.308 bits per heavy atom. The monoisotopic (exact) mass is 1320 g/mol. The molecule has 0 saturated heterocycles. The SMILES string of the molecule is c1ccc2c(N(c3ccc(N(c4ccc(-c5ccc(N(c6ccc(N(c7cccc8ccccc78)c7cc8ccccc8c8ccccc78)cc6)c6cc7ccccc7c7ccccc67)cc5)cc4)c4cc5ccccc5c5ccccc45)cc3)c3cc4ccccc4c4ccccc34)cccc2c1. The largest absolute Gasteiger partial charge is 0.310 e. The van der Waals surface area contributed by atoms with Crippen LogP contribution in [0.3, 0.4) is 0 Å². The van der Waals surface area contributed by atoms with Gasteiger partial charge in [-0.1, -0.05) is 291 Å². The zero-order chi connectivity index (χ0) is 68.6.